The molecular formula is C18H18N6O4. The van der Waals surface area contributed by atoms with Crippen LogP contribution in [0.5, 0.6) is 0 Å². The lowest BCUT2D eigenvalue weighted by Crippen LogP contribution is -2.30. The minimum absolute atomic E-state index is 0.0127. The van der Waals surface area contributed by atoms with Crippen LogP contribution in [0.4, 0.5) is 11.5 Å². The second-order valence-corrected chi connectivity index (χ2v) is 6.25. The number of carbonyl (C=O) groups is 1. The van der Waals surface area contributed by atoms with Gasteiger partial charge in [0, 0.05) is 23.9 Å². The van der Waals surface area contributed by atoms with Crippen molar-refractivity contribution in [2.24, 2.45) is 0 Å². The number of aromatic nitrogens is 3. The Balaban J connectivity index is 1.56. The number of benzene rings is 1. The third-order valence-corrected chi connectivity index (χ3v) is 3.81. The number of aryl methyl sites for hydroxylation is 1. The molecule has 0 atom stereocenters. The predicted molar refractivity (Wildman–Crippen MR) is 100 cm³/mol. The van der Waals surface area contributed by atoms with Gasteiger partial charge in [-0.15, -0.1) is 0 Å². The van der Waals surface area contributed by atoms with E-state index in [-0.39, 0.29) is 24.7 Å². The molecule has 3 aromatic rings. The first-order valence-electron chi connectivity index (χ1n) is 8.39. The molecule has 0 saturated heterocycles. The lowest BCUT2D eigenvalue weighted by molar-refractivity contribution is -0.384. The van der Waals surface area contributed by atoms with E-state index in [0.29, 0.717) is 23.1 Å². The van der Waals surface area contributed by atoms with Crippen LogP contribution in [0.25, 0.3) is 11.4 Å². The molecule has 0 aliphatic heterocycles. The predicted octanol–water partition coefficient (Wildman–Crippen LogP) is 2.42. The summed E-state index contributed by atoms with van der Waals surface area (Å²) in [4.78, 5) is 32.4. The molecule has 0 radical (unpaired) electrons. The molecule has 0 aliphatic carbocycles. The van der Waals surface area contributed by atoms with Gasteiger partial charge in [-0.3, -0.25) is 19.8 Å². The van der Waals surface area contributed by atoms with E-state index < -0.39 is 4.92 Å². The van der Waals surface area contributed by atoms with E-state index >= 15 is 0 Å². The van der Waals surface area contributed by atoms with E-state index in [4.69, 9.17) is 4.52 Å². The molecule has 1 N–H and O–H groups in total. The summed E-state index contributed by atoms with van der Waals surface area (Å²) in [5, 5.41) is 17.3. The highest BCUT2D eigenvalue weighted by atomic mass is 16.6. The highest BCUT2D eigenvalue weighted by Gasteiger charge is 2.14. The van der Waals surface area contributed by atoms with Gasteiger partial charge in [-0.05, 0) is 43.8 Å². The number of nitrogens with zero attached hydrogens (tertiary/aromatic N) is 5. The van der Waals surface area contributed by atoms with Crippen molar-refractivity contribution in [1.29, 1.82) is 0 Å². The summed E-state index contributed by atoms with van der Waals surface area (Å²) < 4.78 is 5.20. The van der Waals surface area contributed by atoms with Crippen molar-refractivity contribution in [3.63, 3.8) is 0 Å². The molecule has 10 nitrogen and oxygen atoms in total. The molecular weight excluding hydrogens is 364 g/mol. The van der Waals surface area contributed by atoms with Crippen molar-refractivity contribution >= 4 is 17.4 Å². The van der Waals surface area contributed by atoms with Crippen molar-refractivity contribution in [2.75, 3.05) is 18.9 Å². The van der Waals surface area contributed by atoms with Gasteiger partial charge in [-0.1, -0.05) is 5.16 Å². The Morgan fingerprint density at radius 3 is 2.71 bits per heavy atom. The van der Waals surface area contributed by atoms with Gasteiger partial charge >= 0.3 is 0 Å². The zero-order chi connectivity index (χ0) is 20.1. The van der Waals surface area contributed by atoms with Gasteiger partial charge in [-0.2, -0.15) is 4.98 Å². The summed E-state index contributed by atoms with van der Waals surface area (Å²) in [6, 6.07) is 9.49. The Kier molecular flexibility index (Phi) is 5.70. The number of nitro benzene ring substituents is 1. The van der Waals surface area contributed by atoms with Crippen molar-refractivity contribution in [2.45, 2.75) is 13.5 Å². The van der Waals surface area contributed by atoms with Gasteiger partial charge in [0.2, 0.25) is 17.6 Å². The molecule has 0 aliphatic rings. The first kappa shape index (κ1) is 19.1. The minimum atomic E-state index is -0.474. The van der Waals surface area contributed by atoms with Gasteiger partial charge in [0.15, 0.2) is 0 Å². The number of carbonyl (C=O) groups excluding carboxylic acids is 1. The largest absolute Gasteiger partial charge is 0.338 e. The number of hydrogen-bond acceptors (Lipinski definition) is 8. The first-order chi connectivity index (χ1) is 13.4. The average Bonchev–Trinajstić information content (AvgIpc) is 3.09. The van der Waals surface area contributed by atoms with Crippen LogP contribution in [0.3, 0.4) is 0 Å². The molecule has 0 fully saturated rings. The molecule has 2 heterocycles. The molecule has 1 aromatic carbocycles. The molecule has 0 bridgehead atoms. The van der Waals surface area contributed by atoms with Crippen LogP contribution >= 0.6 is 0 Å². The molecule has 2 aromatic heterocycles. The number of nitrogens with one attached hydrogen (secondary N) is 1. The number of anilines is 1. The molecule has 1 amide bonds. The van der Waals surface area contributed by atoms with Gasteiger partial charge < -0.3 is 9.84 Å². The fourth-order valence-electron chi connectivity index (χ4n) is 2.49. The van der Waals surface area contributed by atoms with E-state index in [1.54, 1.807) is 36.3 Å². The maximum Gasteiger partial charge on any atom is 0.269 e. The fraction of sp³-hybridized carbons (Fsp3) is 0.222. The molecule has 10 heteroatoms. The van der Waals surface area contributed by atoms with Gasteiger partial charge in [-0.25, -0.2) is 4.98 Å². The van der Waals surface area contributed by atoms with Gasteiger partial charge in [0.1, 0.15) is 5.82 Å². The molecule has 28 heavy (non-hydrogen) atoms. The monoisotopic (exact) mass is 382 g/mol. The zero-order valence-corrected chi connectivity index (χ0v) is 15.3. The lowest BCUT2D eigenvalue weighted by atomic mass is 10.2. The fourth-order valence-corrected chi connectivity index (χ4v) is 2.49. The Labute approximate surface area is 160 Å². The minimum Gasteiger partial charge on any atom is -0.338 e. The van der Waals surface area contributed by atoms with Crippen LogP contribution in [-0.2, 0) is 11.3 Å². The number of hydrogen-bond donors (Lipinski definition) is 1. The number of rotatable bonds is 7. The normalized spacial score (nSPS) is 10.8. The van der Waals surface area contributed by atoms with Crippen LogP contribution in [0, 0.1) is 17.0 Å². The van der Waals surface area contributed by atoms with Crippen LogP contribution in [0.15, 0.2) is 47.1 Å². The standard InChI is InChI=1S/C18H18N6O4/c1-12-7-8-19-15(9-12)20-16(25)10-23(2)11-17-21-18(22-28-17)13-3-5-14(6-4-13)24(26)27/h3-9H,10-11H2,1-2H3,(H,19,20,25). The lowest BCUT2D eigenvalue weighted by Gasteiger charge is -2.13. The highest BCUT2D eigenvalue weighted by Crippen LogP contribution is 2.20. The van der Waals surface area contributed by atoms with Crippen molar-refractivity contribution in [3.8, 4) is 11.4 Å². The van der Waals surface area contributed by atoms with E-state index in [1.165, 1.54) is 12.1 Å². The zero-order valence-electron chi connectivity index (χ0n) is 15.3. The highest BCUT2D eigenvalue weighted by molar-refractivity contribution is 5.91. The van der Waals surface area contributed by atoms with E-state index in [0.717, 1.165) is 5.56 Å². The number of non-ortho nitro benzene ring substituents is 1. The van der Waals surface area contributed by atoms with Gasteiger partial charge in [0.05, 0.1) is 18.0 Å². The number of likely N-dealkylation sites (N-methyl/N-ethyl adjacent to an activating group) is 1. The average molecular weight is 382 g/mol. The van der Waals surface area contributed by atoms with Crippen LogP contribution in [-0.4, -0.2) is 44.4 Å². The second kappa shape index (κ2) is 8.35. The van der Waals surface area contributed by atoms with Crippen molar-refractivity contribution in [1.82, 2.24) is 20.0 Å². The summed E-state index contributed by atoms with van der Waals surface area (Å²) in [5.41, 5.74) is 1.59. The number of nitro groups is 1. The van der Waals surface area contributed by atoms with Gasteiger partial charge in [0.25, 0.3) is 5.69 Å². The number of amides is 1. The van der Waals surface area contributed by atoms with Crippen molar-refractivity contribution < 1.29 is 14.2 Å². The molecule has 3 rings (SSSR count). The molecule has 0 saturated carbocycles. The Hall–Kier alpha value is -3.66. The quantitative estimate of drug-likeness (QED) is 0.487. The topological polar surface area (TPSA) is 127 Å². The second-order valence-electron chi connectivity index (χ2n) is 6.25. The Bertz CT molecular complexity index is 986. The maximum atomic E-state index is 12.1. The summed E-state index contributed by atoms with van der Waals surface area (Å²) >= 11 is 0. The molecule has 0 spiro atoms. The van der Waals surface area contributed by atoms with E-state index in [9.17, 15) is 14.9 Å². The van der Waals surface area contributed by atoms with Crippen LogP contribution < -0.4 is 5.32 Å². The summed E-state index contributed by atoms with van der Waals surface area (Å²) in [6.45, 7) is 2.31. The SMILES string of the molecule is Cc1ccnc(NC(=O)CN(C)Cc2nc(-c3ccc([N+](=O)[O-])cc3)no2)c1. The van der Waals surface area contributed by atoms with E-state index in [2.05, 4.69) is 20.4 Å². The van der Waals surface area contributed by atoms with Crippen LogP contribution in [0.2, 0.25) is 0 Å². The third-order valence-electron chi connectivity index (χ3n) is 3.81. The first-order valence-corrected chi connectivity index (χ1v) is 8.39. The molecule has 144 valence electrons. The summed E-state index contributed by atoms with van der Waals surface area (Å²) in [6.07, 6.45) is 1.63. The van der Waals surface area contributed by atoms with Crippen LogP contribution in [0.1, 0.15) is 11.5 Å². The maximum absolute atomic E-state index is 12.1. The third kappa shape index (κ3) is 4.95. The van der Waals surface area contributed by atoms with E-state index in [1.807, 2.05) is 13.0 Å². The Morgan fingerprint density at radius 1 is 1.29 bits per heavy atom. The Morgan fingerprint density at radius 2 is 2.04 bits per heavy atom. The summed E-state index contributed by atoms with van der Waals surface area (Å²) in [7, 11) is 1.75. The number of pyridine rings is 1. The smallest absolute Gasteiger partial charge is 0.269 e. The molecule has 0 unspecified atom stereocenters. The summed E-state index contributed by atoms with van der Waals surface area (Å²) in [5.74, 6) is 0.941. The van der Waals surface area contributed by atoms with Crippen molar-refractivity contribution in [3.05, 3.63) is 64.2 Å².